The molecule has 0 aliphatic carbocycles. The van der Waals surface area contributed by atoms with Crippen molar-refractivity contribution in [2.75, 3.05) is 188 Å². The van der Waals surface area contributed by atoms with Crippen molar-refractivity contribution in [1.82, 2.24) is 74.5 Å². The number of rotatable bonds is 20. The fraction of sp³-hybridized carbons (Fsp3) is 0.473. The van der Waals surface area contributed by atoms with Gasteiger partial charge in [-0.2, -0.15) is 75.5 Å². The summed E-state index contributed by atoms with van der Waals surface area (Å²) in [5.74, 6) is 1.83. The molecule has 4 aromatic carbocycles. The van der Waals surface area contributed by atoms with Gasteiger partial charge in [0.2, 0.25) is 24.3 Å². The van der Waals surface area contributed by atoms with Crippen LogP contribution in [0.5, 0.6) is 23.8 Å². The molecule has 18 rings (SSSR count). The summed E-state index contributed by atoms with van der Waals surface area (Å²) in [7, 11) is 6.40. The average molecular weight is 1750 g/mol. The molecule has 2 N–H and O–H groups in total. The van der Waals surface area contributed by atoms with Gasteiger partial charge in [0.05, 0.1) is 59.8 Å². The van der Waals surface area contributed by atoms with Crippen molar-refractivity contribution in [3.63, 3.8) is 0 Å². The summed E-state index contributed by atoms with van der Waals surface area (Å²) in [6.07, 6.45) is 18.9. The number of aromatic nitrogens is 9. The highest BCUT2D eigenvalue weighted by Crippen LogP contribution is 2.43. The molecule has 9 aromatic rings. The zero-order valence-electron chi connectivity index (χ0n) is 71.8. The summed E-state index contributed by atoms with van der Waals surface area (Å²) in [4.78, 5) is 100. The van der Waals surface area contributed by atoms with Crippen LogP contribution in [-0.4, -0.2) is 280 Å². The normalized spacial score (nSPS) is 19.7. The first-order valence-electron chi connectivity index (χ1n) is 42.9. The maximum Gasteiger partial charge on any atom is 0.318 e. The van der Waals surface area contributed by atoms with E-state index in [0.29, 0.717) is 159 Å². The van der Waals surface area contributed by atoms with Gasteiger partial charge < -0.3 is 83.0 Å². The van der Waals surface area contributed by atoms with Crippen molar-refractivity contribution in [3.8, 4) is 23.8 Å². The molecule has 14 heterocycles. The van der Waals surface area contributed by atoms with Crippen LogP contribution in [0, 0.1) is 12.4 Å². The molecule has 0 spiro atoms. The standard InChI is InChI=1S/C31H36N8O2.C30H35FN6O3.C30H40N8O2.3H2S/c1-4-29(40)39-16-15-38(19-24(39)17-32-2)30-25-11-14-37(28-9-5-7-22-10-12-33-18-26(22)28)20-27(25)34-31(35-30)41-21-23-8-6-13-36(23)3;1-3-26(39)35-13-15-36(16-14-35)29-23-10-12-37(28-22-9-5-4-7-20(22)17-25(38)27(28)31)18-24(23)32-30(33-29)40-19-21-8-6-11-34(21)2;1-5-27(39)36-13-15-37(16-14-36)29-23-10-12-38(28-22(20(2)3)8-9-25-24(28)17-31-34-25)18-26(23)32-30(33-29)40-19-21-7-6-11-35(21)4;;;/h4-5,7,9-10,12,18,23-24H,1,6,8,11,13-17,19-21H2,3H3;3-5,7,9,17,21,38H,1,6,8,10-16,18-19H2,2H3;5,8-9,17,20-21H,1,6-7,10-16,18-19H2,2-4H3,(H,31,34);3*1H2/t23-,24?;2*21-;;;/m000.../s1. The first-order chi connectivity index (χ1) is 58.9. The summed E-state index contributed by atoms with van der Waals surface area (Å²) < 4.78 is 34.2. The number of H-pyrrole nitrogens is 1. The number of hydrogen-bond donors (Lipinski definition) is 2. The fourth-order valence-corrected chi connectivity index (χ4v) is 18.9. The number of aromatic amines is 1. The molecule has 5 aromatic heterocycles. The van der Waals surface area contributed by atoms with E-state index < -0.39 is 5.82 Å². The number of ether oxygens (including phenoxy) is 3. The lowest BCUT2D eigenvalue weighted by Crippen LogP contribution is -2.56. The van der Waals surface area contributed by atoms with Crippen molar-refractivity contribution in [3.05, 3.63) is 180 Å². The molecule has 33 heteroatoms. The lowest BCUT2D eigenvalue weighted by molar-refractivity contribution is -0.128. The van der Waals surface area contributed by atoms with Gasteiger partial charge in [0.25, 0.3) is 0 Å². The fourth-order valence-electron chi connectivity index (χ4n) is 18.9. The number of piperazine rings is 3. The van der Waals surface area contributed by atoms with E-state index in [2.05, 4.69) is 144 Å². The monoisotopic (exact) mass is 1740 g/mol. The highest BCUT2D eigenvalue weighted by atomic mass is 32.1. The molecular weight excluding hydrogens is 1630 g/mol. The largest absolute Gasteiger partial charge is 0.505 e. The Balaban J connectivity index is 0.000000158. The Morgan fingerprint density at radius 3 is 1.52 bits per heavy atom. The second kappa shape index (κ2) is 40.9. The lowest BCUT2D eigenvalue weighted by Gasteiger charge is -2.41. The number of aromatic hydroxyl groups is 1. The predicted octanol–water partition coefficient (Wildman–Crippen LogP) is 10.2. The number of fused-ring (bicyclic) bond motifs is 6. The highest BCUT2D eigenvalue weighted by molar-refractivity contribution is 7.59. The minimum absolute atomic E-state index is 0. The molecule has 6 fully saturated rings. The number of halogens is 1. The first-order valence-corrected chi connectivity index (χ1v) is 42.9. The summed E-state index contributed by atoms with van der Waals surface area (Å²) in [6.45, 7) is 38.8. The Hall–Kier alpha value is -10.8. The van der Waals surface area contributed by atoms with Crippen LogP contribution in [0.2, 0.25) is 0 Å². The summed E-state index contributed by atoms with van der Waals surface area (Å²) in [5, 5.41) is 22.8. The van der Waals surface area contributed by atoms with Crippen LogP contribution in [0.25, 0.3) is 37.3 Å². The van der Waals surface area contributed by atoms with Crippen LogP contribution in [0.1, 0.15) is 97.6 Å². The van der Waals surface area contributed by atoms with E-state index >= 15 is 4.39 Å². The third-order valence-corrected chi connectivity index (χ3v) is 25.8. The van der Waals surface area contributed by atoms with E-state index in [1.165, 1.54) is 54.0 Å². The Morgan fingerprint density at radius 2 is 1.02 bits per heavy atom. The van der Waals surface area contributed by atoms with E-state index in [4.69, 9.17) is 50.7 Å². The van der Waals surface area contributed by atoms with E-state index in [9.17, 15) is 19.5 Å². The number of anilines is 6. The van der Waals surface area contributed by atoms with Gasteiger partial charge in [-0.1, -0.05) is 76.0 Å². The van der Waals surface area contributed by atoms with Gasteiger partial charge in [-0.15, -0.1) is 0 Å². The van der Waals surface area contributed by atoms with Crippen molar-refractivity contribution in [2.45, 2.75) is 121 Å². The molecule has 9 aliphatic rings. The maximum atomic E-state index is 15.4. The van der Waals surface area contributed by atoms with Crippen molar-refractivity contribution in [1.29, 1.82) is 0 Å². The number of amides is 3. The molecule has 0 saturated carbocycles. The van der Waals surface area contributed by atoms with Gasteiger partial charge in [-0.05, 0) is 163 Å². The Kier molecular flexibility index (Phi) is 30.0. The Labute approximate surface area is 746 Å². The number of pyridine rings is 1. The number of nitrogens with zero attached hydrogens (tertiary/aromatic N) is 21. The molecule has 6 saturated heterocycles. The summed E-state index contributed by atoms with van der Waals surface area (Å²) in [5.41, 5.74) is 11.2. The molecule has 1 unspecified atom stereocenters. The molecule has 124 heavy (non-hydrogen) atoms. The lowest BCUT2D eigenvalue weighted by atomic mass is 9.96. The van der Waals surface area contributed by atoms with Crippen LogP contribution >= 0.6 is 40.5 Å². The Morgan fingerprint density at radius 1 is 0.532 bits per heavy atom. The number of likely N-dealkylation sites (N-methyl/N-ethyl adjacent to an activating group) is 3. The SMILES string of the molecule is C=CC(=O)N1CCN(c2nc(OC[C@@H]3CCCN3C)nc3c2CCN(c2c(C(C)C)ccc4[nH]ncc24)C3)CC1.C=CC(=O)N1CCN(c2nc(OC[C@@H]3CCCN3C)nc3c2CCN(c2c(F)c(O)cc4ccccc24)C3)CC1.S.S.S.[C-]#[N+]CC1CN(c2nc(OC[C@@H]3CCCN3C)nc3c2CCN(c2cccc4ccncc24)C3)CCN1C(=O)C=C. The van der Waals surface area contributed by atoms with Gasteiger partial charge >= 0.3 is 18.0 Å². The van der Waals surface area contributed by atoms with Crippen molar-refractivity contribution < 1.29 is 38.1 Å². The number of likely N-dealkylation sites (tertiary alicyclic amines) is 3. The van der Waals surface area contributed by atoms with Crippen LogP contribution in [0.15, 0.2) is 123 Å². The second-order valence-corrected chi connectivity index (χ2v) is 33.4. The third kappa shape index (κ3) is 19.7. The number of phenols is 1. The zero-order chi connectivity index (χ0) is 84.0. The zero-order valence-corrected chi connectivity index (χ0v) is 74.8. The van der Waals surface area contributed by atoms with Gasteiger partial charge in [0.15, 0.2) is 11.6 Å². The number of benzene rings is 4. The minimum atomic E-state index is -0.625. The van der Waals surface area contributed by atoms with Crippen molar-refractivity contribution >= 4 is 125 Å². The molecule has 9 aliphatic heterocycles. The highest BCUT2D eigenvalue weighted by Gasteiger charge is 2.38. The second-order valence-electron chi connectivity index (χ2n) is 33.4. The van der Waals surface area contributed by atoms with Crippen LogP contribution in [0.4, 0.5) is 38.9 Å². The summed E-state index contributed by atoms with van der Waals surface area (Å²) >= 11 is 0. The molecule has 4 atom stereocenters. The van der Waals surface area contributed by atoms with E-state index in [-0.39, 0.29) is 76.5 Å². The Bertz CT molecular complexity index is 5370. The van der Waals surface area contributed by atoms with Crippen LogP contribution in [-0.2, 0) is 53.3 Å². The smallest absolute Gasteiger partial charge is 0.318 e. The van der Waals surface area contributed by atoms with E-state index in [0.717, 1.165) is 168 Å². The van der Waals surface area contributed by atoms with Gasteiger partial charge in [0.1, 0.15) is 43.3 Å². The van der Waals surface area contributed by atoms with E-state index in [1.807, 2.05) is 58.7 Å². The maximum absolute atomic E-state index is 15.4. The molecule has 658 valence electrons. The molecule has 0 bridgehead atoms. The molecule has 29 nitrogen and oxygen atoms in total. The van der Waals surface area contributed by atoms with Gasteiger partial charge in [-0.3, -0.25) is 24.5 Å². The third-order valence-electron chi connectivity index (χ3n) is 25.8. The quantitative estimate of drug-likeness (QED) is 0.0531. The number of carbonyl (C=O) groups is 3. The van der Waals surface area contributed by atoms with Crippen LogP contribution < -0.4 is 43.6 Å². The molecule has 0 radical (unpaired) electrons. The summed E-state index contributed by atoms with van der Waals surface area (Å²) in [6, 6.07) is 23.7. The first kappa shape index (κ1) is 91.0. The van der Waals surface area contributed by atoms with E-state index in [1.54, 1.807) is 9.80 Å². The van der Waals surface area contributed by atoms with Crippen molar-refractivity contribution in [2.24, 2.45) is 0 Å². The average Bonchev–Trinajstić information content (AvgIpc) is 1.09. The van der Waals surface area contributed by atoms with Gasteiger partial charge in [-0.25, -0.2) is 11.0 Å². The number of carbonyl (C=O) groups excluding carboxylic acids is 3. The number of hydrogen-bond acceptors (Lipinski definition) is 24. The number of nitrogens with one attached hydrogen (secondary N) is 1. The minimum Gasteiger partial charge on any atom is -0.505 e. The molecule has 3 amide bonds. The molecular formula is C91H117FN22O7S3. The van der Waals surface area contributed by atoms with Gasteiger partial charge in [0, 0.05) is 161 Å². The van der Waals surface area contributed by atoms with Crippen LogP contribution in [0.3, 0.4) is 0 Å². The predicted molar refractivity (Wildman–Crippen MR) is 500 cm³/mol. The number of phenolic OH excluding ortho intramolecular Hbond substituents is 1. The topological polar surface area (TPSA) is 261 Å².